The van der Waals surface area contributed by atoms with E-state index in [9.17, 15) is 5.11 Å². The van der Waals surface area contributed by atoms with Crippen LogP contribution in [0.15, 0.2) is 23.7 Å². The van der Waals surface area contributed by atoms with Crippen LogP contribution in [0.25, 0.3) is 10.2 Å². The molecule has 0 aromatic carbocycles. The highest BCUT2D eigenvalue weighted by Gasteiger charge is 2.11. The molecule has 0 fully saturated rings. The maximum Gasteiger partial charge on any atom is 0.167 e. The van der Waals surface area contributed by atoms with Gasteiger partial charge in [0, 0.05) is 22.5 Å². The third-order valence-corrected chi connectivity index (χ3v) is 2.72. The van der Waals surface area contributed by atoms with Crippen LogP contribution in [0.1, 0.15) is 11.7 Å². The number of aromatic nitrogens is 1. The third-order valence-electron chi connectivity index (χ3n) is 1.80. The van der Waals surface area contributed by atoms with Gasteiger partial charge < -0.3 is 5.11 Å². The first-order chi connectivity index (χ1) is 6.33. The lowest BCUT2D eigenvalue weighted by atomic mass is 10.1. The number of hydrogen-bond acceptors (Lipinski definition) is 4. The van der Waals surface area contributed by atoms with Crippen LogP contribution >= 0.6 is 11.3 Å². The van der Waals surface area contributed by atoms with Crippen molar-refractivity contribution in [3.63, 3.8) is 0 Å². The van der Waals surface area contributed by atoms with Crippen molar-refractivity contribution in [1.29, 1.82) is 5.26 Å². The van der Waals surface area contributed by atoms with Crippen molar-refractivity contribution in [3.05, 3.63) is 29.3 Å². The predicted molar refractivity (Wildman–Crippen MR) is 50.2 cm³/mol. The van der Waals surface area contributed by atoms with Crippen LogP contribution < -0.4 is 0 Å². The van der Waals surface area contributed by atoms with E-state index < -0.39 is 6.10 Å². The van der Waals surface area contributed by atoms with Crippen LogP contribution in [-0.2, 0) is 0 Å². The number of thiophene rings is 1. The quantitative estimate of drug-likeness (QED) is 0.698. The second-order valence-electron chi connectivity index (χ2n) is 2.58. The molecule has 0 aliphatic rings. The summed E-state index contributed by atoms with van der Waals surface area (Å²) in [6.45, 7) is 0. The topological polar surface area (TPSA) is 56.9 Å². The number of pyridine rings is 1. The summed E-state index contributed by atoms with van der Waals surface area (Å²) in [6, 6.07) is 5.44. The minimum Gasteiger partial charge on any atom is -0.374 e. The first-order valence-corrected chi connectivity index (χ1v) is 4.60. The van der Waals surface area contributed by atoms with Crippen LogP contribution in [0.5, 0.6) is 0 Å². The maximum absolute atomic E-state index is 9.33. The lowest BCUT2D eigenvalue weighted by Crippen LogP contribution is -1.90. The molecule has 2 aromatic heterocycles. The van der Waals surface area contributed by atoms with Gasteiger partial charge in [-0.3, -0.25) is 0 Å². The zero-order chi connectivity index (χ0) is 9.26. The Balaban J connectivity index is 2.66. The van der Waals surface area contributed by atoms with Crippen molar-refractivity contribution < 1.29 is 5.11 Å². The van der Waals surface area contributed by atoms with E-state index in [-0.39, 0.29) is 0 Å². The molecular formula is C9H6N2OS. The van der Waals surface area contributed by atoms with E-state index in [1.165, 1.54) is 11.3 Å². The molecule has 4 heteroatoms. The van der Waals surface area contributed by atoms with Gasteiger partial charge in [0.05, 0.1) is 6.07 Å². The third kappa shape index (κ3) is 1.28. The molecular weight excluding hydrogens is 184 g/mol. The molecule has 3 nitrogen and oxygen atoms in total. The summed E-state index contributed by atoms with van der Waals surface area (Å²) in [6.07, 6.45) is 0.652. The lowest BCUT2D eigenvalue weighted by molar-refractivity contribution is 0.238. The Morgan fingerprint density at radius 1 is 1.62 bits per heavy atom. The van der Waals surface area contributed by atoms with E-state index in [1.54, 1.807) is 23.7 Å². The summed E-state index contributed by atoms with van der Waals surface area (Å²) in [5.74, 6) is 0. The number of hydrogen-bond donors (Lipinski definition) is 1. The average Bonchev–Trinajstić information content (AvgIpc) is 2.60. The molecule has 0 bridgehead atoms. The Kier molecular flexibility index (Phi) is 1.97. The van der Waals surface area contributed by atoms with Gasteiger partial charge in [0.2, 0.25) is 0 Å². The summed E-state index contributed by atoms with van der Waals surface area (Å²) >= 11 is 1.44. The zero-order valence-corrected chi connectivity index (χ0v) is 7.45. The van der Waals surface area contributed by atoms with E-state index in [4.69, 9.17) is 5.26 Å². The largest absolute Gasteiger partial charge is 0.374 e. The Hall–Kier alpha value is -1.44. The summed E-state index contributed by atoms with van der Waals surface area (Å²) in [7, 11) is 0. The number of aliphatic hydroxyl groups is 1. The fourth-order valence-electron chi connectivity index (χ4n) is 1.17. The van der Waals surface area contributed by atoms with Crippen molar-refractivity contribution >= 4 is 21.6 Å². The van der Waals surface area contributed by atoms with Crippen molar-refractivity contribution in [2.75, 3.05) is 0 Å². The van der Waals surface area contributed by atoms with Gasteiger partial charge in [-0.05, 0) is 12.1 Å². The normalized spacial score (nSPS) is 12.6. The minimum absolute atomic E-state index is 0.649. The highest BCUT2D eigenvalue weighted by atomic mass is 32.1. The SMILES string of the molecule is N#C[C@H](O)c1csc2ncccc12. The molecule has 13 heavy (non-hydrogen) atoms. The Morgan fingerprint density at radius 2 is 2.46 bits per heavy atom. The molecule has 2 heterocycles. The van der Waals surface area contributed by atoms with Gasteiger partial charge in [0.15, 0.2) is 6.10 Å². The molecule has 0 spiro atoms. The maximum atomic E-state index is 9.33. The van der Waals surface area contributed by atoms with E-state index >= 15 is 0 Å². The number of aliphatic hydroxyl groups excluding tert-OH is 1. The lowest BCUT2D eigenvalue weighted by Gasteiger charge is -1.97. The minimum atomic E-state index is -1.04. The average molecular weight is 190 g/mol. The van der Waals surface area contributed by atoms with Crippen LogP contribution in [0.3, 0.4) is 0 Å². The first kappa shape index (κ1) is 8.17. The van der Waals surface area contributed by atoms with Gasteiger partial charge in [-0.1, -0.05) is 0 Å². The Labute approximate surface area is 78.9 Å². The number of rotatable bonds is 1. The Bertz CT molecular complexity index is 472. The molecule has 0 radical (unpaired) electrons. The van der Waals surface area contributed by atoms with Gasteiger partial charge in [-0.25, -0.2) is 4.98 Å². The molecule has 64 valence electrons. The van der Waals surface area contributed by atoms with E-state index in [0.29, 0.717) is 5.56 Å². The molecule has 0 amide bonds. The molecule has 2 rings (SSSR count). The second-order valence-corrected chi connectivity index (χ2v) is 3.44. The fourth-order valence-corrected chi connectivity index (χ4v) is 2.10. The fraction of sp³-hybridized carbons (Fsp3) is 0.111. The van der Waals surface area contributed by atoms with Gasteiger partial charge in [0.1, 0.15) is 4.83 Å². The number of fused-ring (bicyclic) bond motifs is 1. The zero-order valence-electron chi connectivity index (χ0n) is 6.64. The molecule has 1 N–H and O–H groups in total. The molecule has 1 atom stereocenters. The summed E-state index contributed by atoms with van der Waals surface area (Å²) < 4.78 is 0. The van der Waals surface area contributed by atoms with E-state index in [0.717, 1.165) is 10.2 Å². The monoisotopic (exact) mass is 190 g/mol. The van der Waals surface area contributed by atoms with Crippen molar-refractivity contribution in [2.24, 2.45) is 0 Å². The summed E-state index contributed by atoms with van der Waals surface area (Å²) in [4.78, 5) is 4.97. The Morgan fingerprint density at radius 3 is 3.23 bits per heavy atom. The van der Waals surface area contributed by atoms with Crippen LogP contribution in [0.4, 0.5) is 0 Å². The molecule has 0 unspecified atom stereocenters. The molecule has 0 aliphatic heterocycles. The highest BCUT2D eigenvalue weighted by Crippen LogP contribution is 2.28. The van der Waals surface area contributed by atoms with Crippen molar-refractivity contribution in [3.8, 4) is 6.07 Å². The molecule has 0 aliphatic carbocycles. The molecule has 0 saturated carbocycles. The smallest absolute Gasteiger partial charge is 0.167 e. The summed E-state index contributed by atoms with van der Waals surface area (Å²) in [5.41, 5.74) is 0.649. The predicted octanol–water partition coefficient (Wildman–Crippen LogP) is 1.85. The number of nitrogens with zero attached hydrogens (tertiary/aromatic N) is 2. The second kappa shape index (κ2) is 3.13. The van der Waals surface area contributed by atoms with E-state index in [2.05, 4.69) is 4.98 Å². The van der Waals surface area contributed by atoms with Crippen molar-refractivity contribution in [2.45, 2.75) is 6.10 Å². The van der Waals surface area contributed by atoms with Gasteiger partial charge in [-0.2, -0.15) is 5.26 Å². The summed E-state index contributed by atoms with van der Waals surface area (Å²) in [5, 5.41) is 20.5. The van der Waals surface area contributed by atoms with Gasteiger partial charge in [-0.15, -0.1) is 11.3 Å². The molecule has 2 aromatic rings. The van der Waals surface area contributed by atoms with Crippen LogP contribution in [0.2, 0.25) is 0 Å². The van der Waals surface area contributed by atoms with Crippen molar-refractivity contribution in [1.82, 2.24) is 4.98 Å². The van der Waals surface area contributed by atoms with Crippen LogP contribution in [-0.4, -0.2) is 10.1 Å². The molecule has 0 saturated heterocycles. The van der Waals surface area contributed by atoms with E-state index in [1.807, 2.05) is 6.07 Å². The van der Waals surface area contributed by atoms with Gasteiger partial charge in [0.25, 0.3) is 0 Å². The van der Waals surface area contributed by atoms with Crippen LogP contribution in [0, 0.1) is 11.3 Å². The first-order valence-electron chi connectivity index (χ1n) is 3.72. The van der Waals surface area contributed by atoms with Gasteiger partial charge >= 0.3 is 0 Å². The number of nitriles is 1. The highest BCUT2D eigenvalue weighted by molar-refractivity contribution is 7.16. The standard InChI is InChI=1S/C9H6N2OS/c10-4-8(12)7-5-13-9-6(7)2-1-3-11-9/h1-3,5,8,12H/t8-/m0/s1.